The molecule has 1 fully saturated rings. The minimum absolute atomic E-state index is 0.262. The van der Waals surface area contributed by atoms with E-state index in [0.29, 0.717) is 0 Å². The van der Waals surface area contributed by atoms with E-state index < -0.39 is 0 Å². The lowest BCUT2D eigenvalue weighted by molar-refractivity contribution is 0.00578. The van der Waals surface area contributed by atoms with Crippen LogP contribution in [0.4, 0.5) is 0 Å². The van der Waals surface area contributed by atoms with Crippen molar-refractivity contribution in [2.45, 2.75) is 45.8 Å². The Balaban J connectivity index is 2.15. The molecule has 1 aliphatic heterocycles. The Hall–Kier alpha value is -1.26. The van der Waals surface area contributed by atoms with Crippen molar-refractivity contribution in [2.75, 3.05) is 0 Å². The van der Waals surface area contributed by atoms with Gasteiger partial charge in [0.25, 0.3) is 0 Å². The molecule has 0 aromatic heterocycles. The van der Waals surface area contributed by atoms with Gasteiger partial charge in [-0.3, -0.25) is 0 Å². The van der Waals surface area contributed by atoms with Gasteiger partial charge in [0.15, 0.2) is 0 Å². The standard InChI is InChI=1S/C15H21BO3/c1-11-6-7-13(17)12(10-11)8-9-16-18-14(2,3)15(4,5)19-16/h6-10,17H,1-5H3/b9-8+. The molecule has 1 N–H and O–H groups in total. The molecule has 4 heteroatoms. The minimum Gasteiger partial charge on any atom is -0.507 e. The third-order valence-corrected chi connectivity index (χ3v) is 3.89. The molecular formula is C15H21BO3. The molecule has 0 amide bonds. The van der Waals surface area contributed by atoms with Crippen LogP contribution in [0.1, 0.15) is 38.8 Å². The summed E-state index contributed by atoms with van der Waals surface area (Å²) in [5, 5.41) is 9.78. The number of phenolic OH excluding ortho intramolecular Hbond substituents is 1. The number of benzene rings is 1. The molecule has 3 nitrogen and oxygen atoms in total. The summed E-state index contributed by atoms with van der Waals surface area (Å²) in [5.74, 6) is 2.10. The molecule has 0 atom stereocenters. The van der Waals surface area contributed by atoms with Crippen LogP contribution in [0.3, 0.4) is 0 Å². The number of rotatable bonds is 2. The maximum atomic E-state index is 9.78. The zero-order valence-corrected chi connectivity index (χ0v) is 12.2. The maximum Gasteiger partial charge on any atom is 0.487 e. The summed E-state index contributed by atoms with van der Waals surface area (Å²) in [7, 11) is -0.384. The van der Waals surface area contributed by atoms with Crippen LogP contribution in [0, 0.1) is 6.92 Å². The Labute approximate surface area is 115 Å². The molecule has 0 bridgehead atoms. The third-order valence-electron chi connectivity index (χ3n) is 3.89. The van der Waals surface area contributed by atoms with Crippen molar-refractivity contribution in [1.82, 2.24) is 0 Å². The first-order chi connectivity index (χ1) is 8.71. The Kier molecular flexibility index (Phi) is 3.50. The lowest BCUT2D eigenvalue weighted by Crippen LogP contribution is -2.41. The van der Waals surface area contributed by atoms with E-state index in [1.807, 2.05) is 58.8 Å². The Morgan fingerprint density at radius 1 is 1.11 bits per heavy atom. The SMILES string of the molecule is Cc1ccc(O)c(/C=C/B2OC(C)(C)C(C)(C)O2)c1. The normalized spacial score (nSPS) is 21.2. The molecule has 102 valence electrons. The second-order valence-electron chi connectivity index (χ2n) is 6.05. The van der Waals surface area contributed by atoms with E-state index in [1.54, 1.807) is 6.07 Å². The quantitative estimate of drug-likeness (QED) is 0.829. The summed E-state index contributed by atoms with van der Waals surface area (Å²) in [6.07, 6.45) is 1.84. The summed E-state index contributed by atoms with van der Waals surface area (Å²) < 4.78 is 11.7. The molecule has 1 saturated heterocycles. The molecule has 2 rings (SSSR count). The molecule has 1 aromatic carbocycles. The van der Waals surface area contributed by atoms with Gasteiger partial charge in [-0.2, -0.15) is 0 Å². The predicted octanol–water partition coefficient (Wildman–Crippen LogP) is 3.35. The van der Waals surface area contributed by atoms with E-state index in [2.05, 4.69) is 0 Å². The fraction of sp³-hybridized carbons (Fsp3) is 0.467. The lowest BCUT2D eigenvalue weighted by atomic mass is 9.89. The second kappa shape index (κ2) is 4.69. The molecule has 0 unspecified atom stereocenters. The van der Waals surface area contributed by atoms with E-state index in [-0.39, 0.29) is 24.1 Å². The predicted molar refractivity (Wildman–Crippen MR) is 78.0 cm³/mol. The van der Waals surface area contributed by atoms with Gasteiger partial charge in [-0.15, -0.1) is 0 Å². The zero-order chi connectivity index (χ0) is 14.3. The molecule has 1 aromatic rings. The molecular weight excluding hydrogens is 239 g/mol. The third kappa shape index (κ3) is 2.85. The summed E-state index contributed by atoms with van der Waals surface area (Å²) in [6, 6.07) is 5.50. The van der Waals surface area contributed by atoms with Crippen LogP contribution < -0.4 is 0 Å². The van der Waals surface area contributed by atoms with Crippen LogP contribution in [-0.2, 0) is 9.31 Å². The monoisotopic (exact) mass is 260 g/mol. The first kappa shape index (κ1) is 14.2. The number of aryl methyl sites for hydroxylation is 1. The molecule has 0 aliphatic carbocycles. The summed E-state index contributed by atoms with van der Waals surface area (Å²) >= 11 is 0. The lowest BCUT2D eigenvalue weighted by Gasteiger charge is -2.32. The number of hydrogen-bond acceptors (Lipinski definition) is 3. The van der Waals surface area contributed by atoms with Crippen LogP contribution in [0.2, 0.25) is 0 Å². The minimum atomic E-state index is -0.384. The smallest absolute Gasteiger partial charge is 0.487 e. The van der Waals surface area contributed by atoms with Gasteiger partial charge in [-0.25, -0.2) is 0 Å². The number of aromatic hydroxyl groups is 1. The maximum absolute atomic E-state index is 9.78. The highest BCUT2D eigenvalue weighted by molar-refractivity contribution is 6.52. The van der Waals surface area contributed by atoms with E-state index in [4.69, 9.17) is 9.31 Å². The van der Waals surface area contributed by atoms with Gasteiger partial charge in [0.05, 0.1) is 11.2 Å². The van der Waals surface area contributed by atoms with Gasteiger partial charge in [0.2, 0.25) is 0 Å². The van der Waals surface area contributed by atoms with Gasteiger partial charge in [-0.05, 0) is 46.8 Å². The first-order valence-corrected chi connectivity index (χ1v) is 6.55. The molecule has 0 saturated carbocycles. The highest BCUT2D eigenvalue weighted by Crippen LogP contribution is 2.37. The van der Waals surface area contributed by atoms with Gasteiger partial charge in [0.1, 0.15) is 5.75 Å². The van der Waals surface area contributed by atoms with Crippen molar-refractivity contribution in [1.29, 1.82) is 0 Å². The number of phenols is 1. The van der Waals surface area contributed by atoms with E-state index in [0.717, 1.165) is 11.1 Å². The Morgan fingerprint density at radius 2 is 1.68 bits per heavy atom. The van der Waals surface area contributed by atoms with Crippen molar-refractivity contribution in [3.05, 3.63) is 35.3 Å². The summed E-state index contributed by atoms with van der Waals surface area (Å²) in [5.41, 5.74) is 1.20. The zero-order valence-electron chi connectivity index (χ0n) is 12.2. The van der Waals surface area contributed by atoms with Gasteiger partial charge in [0, 0.05) is 5.56 Å². The van der Waals surface area contributed by atoms with Crippen molar-refractivity contribution >= 4 is 13.2 Å². The molecule has 0 radical (unpaired) electrons. The molecule has 0 spiro atoms. The summed E-state index contributed by atoms with van der Waals surface area (Å²) in [6.45, 7) is 10.1. The van der Waals surface area contributed by atoms with E-state index in [9.17, 15) is 5.11 Å². The summed E-state index contributed by atoms with van der Waals surface area (Å²) in [4.78, 5) is 0. The Morgan fingerprint density at radius 3 is 2.26 bits per heavy atom. The Bertz CT molecular complexity index is 490. The van der Waals surface area contributed by atoms with Crippen molar-refractivity contribution in [3.63, 3.8) is 0 Å². The largest absolute Gasteiger partial charge is 0.507 e. The van der Waals surface area contributed by atoms with E-state index in [1.165, 1.54) is 0 Å². The van der Waals surface area contributed by atoms with Crippen molar-refractivity contribution in [2.24, 2.45) is 0 Å². The molecule has 1 heterocycles. The highest BCUT2D eigenvalue weighted by Gasteiger charge is 2.49. The highest BCUT2D eigenvalue weighted by atomic mass is 16.7. The molecule has 19 heavy (non-hydrogen) atoms. The van der Waals surface area contributed by atoms with Crippen LogP contribution in [0.15, 0.2) is 24.2 Å². The first-order valence-electron chi connectivity index (χ1n) is 6.55. The van der Waals surface area contributed by atoms with Crippen molar-refractivity contribution < 1.29 is 14.4 Å². The van der Waals surface area contributed by atoms with Crippen molar-refractivity contribution in [3.8, 4) is 5.75 Å². The second-order valence-corrected chi connectivity index (χ2v) is 6.05. The topological polar surface area (TPSA) is 38.7 Å². The van der Waals surface area contributed by atoms with E-state index >= 15 is 0 Å². The van der Waals surface area contributed by atoms with Gasteiger partial charge >= 0.3 is 7.12 Å². The van der Waals surface area contributed by atoms with Crippen LogP contribution in [0.25, 0.3) is 6.08 Å². The number of hydrogen-bond donors (Lipinski definition) is 1. The average Bonchev–Trinajstić information content (AvgIpc) is 2.49. The fourth-order valence-electron chi connectivity index (χ4n) is 1.96. The van der Waals surface area contributed by atoms with Crippen LogP contribution in [-0.4, -0.2) is 23.4 Å². The molecule has 1 aliphatic rings. The van der Waals surface area contributed by atoms with Gasteiger partial charge in [-0.1, -0.05) is 23.7 Å². The fourth-order valence-corrected chi connectivity index (χ4v) is 1.96. The average molecular weight is 260 g/mol. The van der Waals surface area contributed by atoms with Crippen LogP contribution in [0.5, 0.6) is 5.75 Å². The van der Waals surface area contributed by atoms with Gasteiger partial charge < -0.3 is 14.4 Å². The van der Waals surface area contributed by atoms with Crippen LogP contribution >= 0.6 is 0 Å².